The van der Waals surface area contributed by atoms with E-state index in [1.54, 1.807) is 0 Å². The Balaban J connectivity index is 1.21. The maximum Gasteiger partial charge on any atom is 0.123 e. The van der Waals surface area contributed by atoms with Crippen molar-refractivity contribution in [3.63, 3.8) is 0 Å². The first-order chi connectivity index (χ1) is 15.9. The van der Waals surface area contributed by atoms with E-state index in [0.717, 1.165) is 59.8 Å². The second-order valence-electron chi connectivity index (χ2n) is 9.99. The second-order valence-corrected chi connectivity index (χ2v) is 9.99. The summed E-state index contributed by atoms with van der Waals surface area (Å²) in [5, 5.41) is 10.6. The van der Waals surface area contributed by atoms with Crippen molar-refractivity contribution in [2.75, 3.05) is 32.0 Å². The Morgan fingerprint density at radius 1 is 1.00 bits per heavy atom. The summed E-state index contributed by atoms with van der Waals surface area (Å²) < 4.78 is 12.1. The summed E-state index contributed by atoms with van der Waals surface area (Å²) in [7, 11) is 0. The Kier molecular flexibility index (Phi) is 7.82. The molecule has 1 saturated carbocycles. The zero-order valence-electron chi connectivity index (χ0n) is 20.5. The van der Waals surface area contributed by atoms with Gasteiger partial charge in [-0.25, -0.2) is 0 Å². The molecule has 1 aliphatic carbocycles. The van der Waals surface area contributed by atoms with Gasteiger partial charge in [-0.3, -0.25) is 0 Å². The molecule has 2 fully saturated rings. The molecule has 1 atom stereocenters. The van der Waals surface area contributed by atoms with Crippen molar-refractivity contribution in [1.29, 1.82) is 0 Å². The van der Waals surface area contributed by atoms with Gasteiger partial charge in [0.15, 0.2) is 0 Å². The van der Waals surface area contributed by atoms with Crippen LogP contribution < -0.4 is 15.2 Å². The molecule has 2 aliphatic rings. The summed E-state index contributed by atoms with van der Waals surface area (Å²) in [5.41, 5.74) is 11.4. The number of aryl methyl sites for hydroxylation is 1. The monoisotopic (exact) mass is 452 g/mol. The molecule has 0 aromatic heterocycles. The van der Waals surface area contributed by atoms with Crippen LogP contribution in [0.2, 0.25) is 0 Å². The number of aliphatic hydroxyl groups is 1. The summed E-state index contributed by atoms with van der Waals surface area (Å²) >= 11 is 0. The van der Waals surface area contributed by atoms with Crippen LogP contribution in [0.4, 0.5) is 5.69 Å². The predicted molar refractivity (Wildman–Crippen MR) is 134 cm³/mol. The number of anilines is 1. The Morgan fingerprint density at radius 2 is 1.67 bits per heavy atom. The minimum Gasteiger partial charge on any atom is -0.491 e. The lowest BCUT2D eigenvalue weighted by molar-refractivity contribution is 0.0592. The summed E-state index contributed by atoms with van der Waals surface area (Å²) in [5.74, 6) is 2.41. The highest BCUT2D eigenvalue weighted by Crippen LogP contribution is 2.31. The van der Waals surface area contributed by atoms with E-state index in [2.05, 4.69) is 29.2 Å². The van der Waals surface area contributed by atoms with E-state index in [9.17, 15) is 5.11 Å². The zero-order chi connectivity index (χ0) is 23.4. The third-order valence-electron chi connectivity index (χ3n) is 7.55. The van der Waals surface area contributed by atoms with Crippen LogP contribution in [0.5, 0.6) is 11.5 Å². The van der Waals surface area contributed by atoms with Crippen LogP contribution >= 0.6 is 0 Å². The number of rotatable bonds is 8. The number of aliphatic hydroxyl groups excluding tert-OH is 1. The maximum atomic E-state index is 10.6. The summed E-state index contributed by atoms with van der Waals surface area (Å²) in [4.78, 5) is 2.36. The molecular formula is C28H40N2O3. The maximum absolute atomic E-state index is 10.6. The molecule has 0 unspecified atom stereocenters. The fourth-order valence-corrected chi connectivity index (χ4v) is 5.22. The smallest absolute Gasteiger partial charge is 0.123 e. The van der Waals surface area contributed by atoms with Crippen molar-refractivity contribution < 1.29 is 14.6 Å². The topological polar surface area (TPSA) is 68.0 Å². The van der Waals surface area contributed by atoms with Gasteiger partial charge in [0, 0.05) is 12.2 Å². The van der Waals surface area contributed by atoms with E-state index in [1.165, 1.54) is 31.2 Å². The first-order valence-corrected chi connectivity index (χ1v) is 12.6. The van der Waals surface area contributed by atoms with E-state index in [-0.39, 0.29) is 0 Å². The molecule has 33 heavy (non-hydrogen) atoms. The molecule has 1 aliphatic heterocycles. The van der Waals surface area contributed by atoms with Gasteiger partial charge in [-0.05, 0) is 119 Å². The molecule has 3 N–H and O–H groups in total. The Hall–Kier alpha value is -2.24. The van der Waals surface area contributed by atoms with E-state index >= 15 is 0 Å². The number of nitrogen functional groups attached to an aromatic ring is 1. The minimum absolute atomic E-state index is 0.298. The van der Waals surface area contributed by atoms with E-state index in [0.29, 0.717) is 25.2 Å². The first-order valence-electron chi connectivity index (χ1n) is 12.6. The van der Waals surface area contributed by atoms with Gasteiger partial charge >= 0.3 is 0 Å². The fraction of sp³-hybridized carbons (Fsp3) is 0.571. The van der Waals surface area contributed by atoms with Gasteiger partial charge < -0.3 is 25.2 Å². The molecule has 0 spiro atoms. The van der Waals surface area contributed by atoms with Crippen molar-refractivity contribution >= 4 is 5.69 Å². The van der Waals surface area contributed by atoms with Crippen molar-refractivity contribution in [3.05, 3.63) is 52.6 Å². The third kappa shape index (κ3) is 6.01. The van der Waals surface area contributed by atoms with Gasteiger partial charge in [0.25, 0.3) is 0 Å². The lowest BCUT2D eigenvalue weighted by atomic mass is 9.89. The number of nitrogens with zero attached hydrogens (tertiary/aromatic N) is 1. The van der Waals surface area contributed by atoms with Crippen LogP contribution in [0.25, 0.3) is 0 Å². The van der Waals surface area contributed by atoms with E-state index < -0.39 is 6.10 Å². The van der Waals surface area contributed by atoms with Crippen LogP contribution in [-0.2, 0) is 0 Å². The molecule has 0 radical (unpaired) electrons. The number of β-amino-alcohol motifs (C(OH)–C–C–N with tert-alkyl or cyclic N) is 1. The molecule has 1 heterocycles. The Labute approximate surface area is 198 Å². The lowest BCUT2D eigenvalue weighted by Crippen LogP contribution is -2.40. The third-order valence-corrected chi connectivity index (χ3v) is 7.55. The molecule has 5 heteroatoms. The summed E-state index contributed by atoms with van der Waals surface area (Å²) in [6, 6.07) is 10.7. The first kappa shape index (κ1) is 23.9. The van der Waals surface area contributed by atoms with Gasteiger partial charge in [-0.2, -0.15) is 0 Å². The Bertz CT molecular complexity index is 914. The van der Waals surface area contributed by atoms with Crippen molar-refractivity contribution in [2.24, 2.45) is 0 Å². The average Bonchev–Trinajstić information content (AvgIpc) is 3.33. The molecular weight excluding hydrogens is 412 g/mol. The molecule has 0 bridgehead atoms. The standard InChI is InChI=1S/C28H40N2O3/c1-19-16-27(20(2)21(3)28(19)29)32-18-24(31)17-30-14-12-23(13-15-30)22-8-10-26(11-9-22)33-25-6-4-5-7-25/h8-11,16,23-25,31H,4-7,12-15,17-18,29H2,1-3H3/t24-/m0/s1. The van der Waals surface area contributed by atoms with Gasteiger partial charge in [-0.15, -0.1) is 0 Å². The number of piperidine rings is 1. The second kappa shape index (κ2) is 10.8. The number of hydrogen-bond acceptors (Lipinski definition) is 5. The van der Waals surface area contributed by atoms with Gasteiger partial charge in [0.2, 0.25) is 0 Å². The van der Waals surface area contributed by atoms with Crippen LogP contribution in [0, 0.1) is 20.8 Å². The van der Waals surface area contributed by atoms with Gasteiger partial charge in [-0.1, -0.05) is 12.1 Å². The number of benzene rings is 2. The van der Waals surface area contributed by atoms with Crippen molar-refractivity contribution in [3.8, 4) is 11.5 Å². The normalized spacial score (nSPS) is 19.0. The number of hydrogen-bond donors (Lipinski definition) is 2. The number of nitrogens with two attached hydrogens (primary N) is 1. The Morgan fingerprint density at radius 3 is 2.33 bits per heavy atom. The molecule has 180 valence electrons. The predicted octanol–water partition coefficient (Wildman–Crippen LogP) is 5.13. The summed E-state index contributed by atoms with van der Waals surface area (Å²) in [6.07, 6.45) is 7.10. The molecule has 2 aromatic carbocycles. The molecule has 2 aromatic rings. The van der Waals surface area contributed by atoms with E-state index in [1.807, 2.05) is 26.8 Å². The number of ether oxygens (including phenoxy) is 2. The zero-order valence-corrected chi connectivity index (χ0v) is 20.5. The molecule has 5 nitrogen and oxygen atoms in total. The number of likely N-dealkylation sites (tertiary alicyclic amines) is 1. The fourth-order valence-electron chi connectivity index (χ4n) is 5.22. The van der Waals surface area contributed by atoms with Crippen LogP contribution in [0.3, 0.4) is 0 Å². The highest BCUT2D eigenvalue weighted by Gasteiger charge is 2.23. The van der Waals surface area contributed by atoms with Crippen LogP contribution in [0.1, 0.15) is 66.7 Å². The lowest BCUT2D eigenvalue weighted by Gasteiger charge is -2.33. The van der Waals surface area contributed by atoms with Crippen LogP contribution in [0.15, 0.2) is 30.3 Å². The SMILES string of the molecule is Cc1cc(OC[C@@H](O)CN2CCC(c3ccc(OC4CCCC4)cc3)CC2)c(C)c(C)c1N. The summed E-state index contributed by atoms with van der Waals surface area (Å²) in [6.45, 7) is 8.97. The molecule has 0 amide bonds. The minimum atomic E-state index is -0.508. The highest BCUT2D eigenvalue weighted by molar-refractivity contribution is 5.60. The van der Waals surface area contributed by atoms with Crippen molar-refractivity contribution in [1.82, 2.24) is 4.90 Å². The van der Waals surface area contributed by atoms with E-state index in [4.69, 9.17) is 15.2 Å². The van der Waals surface area contributed by atoms with Crippen molar-refractivity contribution in [2.45, 2.75) is 77.4 Å². The van der Waals surface area contributed by atoms with Gasteiger partial charge in [0.1, 0.15) is 24.2 Å². The molecule has 1 saturated heterocycles. The average molecular weight is 453 g/mol. The highest BCUT2D eigenvalue weighted by atomic mass is 16.5. The van der Waals surface area contributed by atoms with Gasteiger partial charge in [0.05, 0.1) is 6.10 Å². The van der Waals surface area contributed by atoms with Crippen LogP contribution in [-0.4, -0.2) is 48.5 Å². The quantitative estimate of drug-likeness (QED) is 0.543. The largest absolute Gasteiger partial charge is 0.491 e. The molecule has 4 rings (SSSR count).